The first-order chi connectivity index (χ1) is 17.0. The maximum absolute atomic E-state index is 12.1. The van der Waals surface area contributed by atoms with Crippen molar-refractivity contribution in [3.05, 3.63) is 35.9 Å². The van der Waals surface area contributed by atoms with E-state index in [0.29, 0.717) is 12.8 Å². The van der Waals surface area contributed by atoms with Crippen LogP contribution in [-0.2, 0) is 20.7 Å². The molecular formula is C30H50O5. The summed E-state index contributed by atoms with van der Waals surface area (Å²) in [5, 5.41) is 19.5. The van der Waals surface area contributed by atoms with Crippen molar-refractivity contribution in [2.24, 2.45) is 5.41 Å². The highest BCUT2D eigenvalue weighted by atomic mass is 16.5. The second kappa shape index (κ2) is 20.3. The van der Waals surface area contributed by atoms with Gasteiger partial charge >= 0.3 is 11.9 Å². The number of carboxylic acids is 1. The van der Waals surface area contributed by atoms with Gasteiger partial charge in [0.1, 0.15) is 12.0 Å². The monoisotopic (exact) mass is 490 g/mol. The lowest BCUT2D eigenvalue weighted by molar-refractivity contribution is -0.162. The molecule has 1 aromatic rings. The Morgan fingerprint density at radius 1 is 0.771 bits per heavy atom. The molecule has 0 saturated carbocycles. The number of rotatable bonds is 23. The average molecular weight is 491 g/mol. The van der Waals surface area contributed by atoms with Gasteiger partial charge in [-0.05, 0) is 24.8 Å². The van der Waals surface area contributed by atoms with E-state index in [2.05, 4.69) is 6.92 Å². The highest BCUT2D eigenvalue weighted by Gasteiger charge is 2.39. The Labute approximate surface area is 213 Å². The van der Waals surface area contributed by atoms with E-state index in [1.54, 1.807) is 0 Å². The first kappa shape index (κ1) is 31.2. The summed E-state index contributed by atoms with van der Waals surface area (Å²) in [5.74, 6) is -1.51. The number of carboxylic acid groups (broad SMARTS) is 1. The third-order valence-corrected chi connectivity index (χ3v) is 6.99. The maximum Gasteiger partial charge on any atom is 0.315 e. The Morgan fingerprint density at radius 2 is 1.26 bits per heavy atom. The van der Waals surface area contributed by atoms with Crippen LogP contribution in [-0.4, -0.2) is 35.4 Å². The number of aliphatic hydroxyl groups is 1. The smallest absolute Gasteiger partial charge is 0.315 e. The zero-order valence-corrected chi connectivity index (χ0v) is 22.1. The summed E-state index contributed by atoms with van der Waals surface area (Å²) in [4.78, 5) is 24.0. The number of carbonyl (C=O) groups excluding carboxylic acids is 1. The molecule has 0 spiro atoms. The fraction of sp³-hybridized carbons (Fsp3) is 0.733. The number of benzene rings is 1. The van der Waals surface area contributed by atoms with Crippen LogP contribution in [0.15, 0.2) is 30.3 Å². The van der Waals surface area contributed by atoms with Crippen LogP contribution in [0.1, 0.15) is 122 Å². The lowest BCUT2D eigenvalue weighted by Gasteiger charge is -2.26. The quantitative estimate of drug-likeness (QED) is 0.123. The van der Waals surface area contributed by atoms with Crippen molar-refractivity contribution in [1.29, 1.82) is 0 Å². The molecule has 5 nitrogen and oxygen atoms in total. The van der Waals surface area contributed by atoms with Gasteiger partial charge < -0.3 is 14.9 Å². The maximum atomic E-state index is 12.1. The summed E-state index contributed by atoms with van der Waals surface area (Å²) in [6.45, 7) is 1.42. The van der Waals surface area contributed by atoms with E-state index in [1.807, 2.05) is 30.3 Å². The first-order valence-electron chi connectivity index (χ1n) is 14.1. The van der Waals surface area contributed by atoms with Crippen molar-refractivity contribution in [3.8, 4) is 0 Å². The van der Waals surface area contributed by atoms with Crippen molar-refractivity contribution in [1.82, 2.24) is 0 Å². The van der Waals surface area contributed by atoms with Gasteiger partial charge in [-0.3, -0.25) is 9.59 Å². The van der Waals surface area contributed by atoms with Crippen molar-refractivity contribution >= 4 is 11.9 Å². The molecule has 1 unspecified atom stereocenters. The summed E-state index contributed by atoms with van der Waals surface area (Å²) in [5.41, 5.74) is -0.462. The molecule has 1 aromatic carbocycles. The van der Waals surface area contributed by atoms with Crippen LogP contribution in [0.5, 0.6) is 0 Å². The number of ether oxygens (including phenoxy) is 1. The Hall–Kier alpha value is -1.88. The summed E-state index contributed by atoms with van der Waals surface area (Å²) in [6.07, 6.45) is 20.0. The minimum Gasteiger partial charge on any atom is -0.481 e. The lowest BCUT2D eigenvalue weighted by atomic mass is 9.83. The van der Waals surface area contributed by atoms with Crippen LogP contribution >= 0.6 is 0 Å². The number of aliphatic hydroxyl groups excluding tert-OH is 1. The van der Waals surface area contributed by atoms with Gasteiger partial charge in [0.15, 0.2) is 0 Å². The number of hydrogen-bond donors (Lipinski definition) is 2. The minimum atomic E-state index is -1.46. The molecule has 5 heteroatoms. The van der Waals surface area contributed by atoms with Crippen molar-refractivity contribution in [2.45, 2.75) is 122 Å². The molecule has 200 valence electrons. The van der Waals surface area contributed by atoms with Gasteiger partial charge in [0, 0.05) is 6.42 Å². The number of esters is 1. The molecule has 0 aromatic heterocycles. The van der Waals surface area contributed by atoms with E-state index in [-0.39, 0.29) is 19.0 Å². The van der Waals surface area contributed by atoms with Crippen molar-refractivity contribution in [2.75, 3.05) is 13.2 Å². The predicted octanol–water partition coefficient (Wildman–Crippen LogP) is 7.49. The second-order valence-corrected chi connectivity index (χ2v) is 10.1. The van der Waals surface area contributed by atoms with E-state index in [4.69, 9.17) is 4.74 Å². The molecule has 0 aliphatic rings. The van der Waals surface area contributed by atoms with Crippen molar-refractivity contribution in [3.63, 3.8) is 0 Å². The third kappa shape index (κ3) is 15.0. The molecule has 0 fully saturated rings. The van der Waals surface area contributed by atoms with Gasteiger partial charge in [-0.25, -0.2) is 0 Å². The Bertz CT molecular complexity index is 660. The molecule has 0 aliphatic heterocycles. The van der Waals surface area contributed by atoms with Crippen LogP contribution in [0, 0.1) is 5.41 Å². The minimum absolute atomic E-state index is 0.217. The molecule has 0 bridgehead atoms. The van der Waals surface area contributed by atoms with E-state index < -0.39 is 18.0 Å². The zero-order valence-electron chi connectivity index (χ0n) is 22.1. The Balaban J connectivity index is 2.07. The largest absolute Gasteiger partial charge is 0.481 e. The molecule has 1 rings (SSSR count). The first-order valence-corrected chi connectivity index (χ1v) is 14.1. The molecule has 0 heterocycles. The molecule has 0 radical (unpaired) electrons. The fourth-order valence-corrected chi connectivity index (χ4v) is 4.39. The van der Waals surface area contributed by atoms with Crippen LogP contribution in [0.3, 0.4) is 0 Å². The second-order valence-electron chi connectivity index (χ2n) is 10.1. The Kier molecular flexibility index (Phi) is 18.1. The predicted molar refractivity (Wildman–Crippen MR) is 142 cm³/mol. The highest BCUT2D eigenvalue weighted by molar-refractivity contribution is 5.76. The van der Waals surface area contributed by atoms with Gasteiger partial charge in [0.2, 0.25) is 0 Å². The summed E-state index contributed by atoms with van der Waals surface area (Å²) in [6, 6.07) is 9.54. The summed E-state index contributed by atoms with van der Waals surface area (Å²) >= 11 is 0. The van der Waals surface area contributed by atoms with E-state index in [9.17, 15) is 19.8 Å². The molecule has 1 atom stereocenters. The molecule has 0 saturated heterocycles. The van der Waals surface area contributed by atoms with E-state index in [0.717, 1.165) is 24.8 Å². The molecule has 2 N–H and O–H groups in total. The highest BCUT2D eigenvalue weighted by Crippen LogP contribution is 2.26. The van der Waals surface area contributed by atoms with E-state index >= 15 is 0 Å². The number of aliphatic carboxylic acids is 1. The molecule has 0 amide bonds. The van der Waals surface area contributed by atoms with Gasteiger partial charge in [-0.1, -0.05) is 127 Å². The number of carbonyl (C=O) groups is 2. The van der Waals surface area contributed by atoms with Crippen LogP contribution in [0.25, 0.3) is 0 Å². The van der Waals surface area contributed by atoms with Gasteiger partial charge in [-0.2, -0.15) is 0 Å². The Morgan fingerprint density at radius 3 is 1.71 bits per heavy atom. The van der Waals surface area contributed by atoms with Gasteiger partial charge in [0.05, 0.1) is 6.61 Å². The van der Waals surface area contributed by atoms with Crippen LogP contribution in [0.2, 0.25) is 0 Å². The summed E-state index contributed by atoms with van der Waals surface area (Å²) in [7, 11) is 0. The standard InChI is InChI=1S/C30H50O5/c1-2-3-4-5-6-7-8-9-10-11-12-13-14-15-19-22-28(32)35-26-30(25-31,29(33)34)24-23-27-20-17-16-18-21-27/h16-18,20-21,31H,2-15,19,22-26H2,1H3,(H,33,34). The fourth-order valence-electron chi connectivity index (χ4n) is 4.39. The van der Waals surface area contributed by atoms with Crippen molar-refractivity contribution < 1.29 is 24.5 Å². The van der Waals surface area contributed by atoms with E-state index in [1.165, 1.54) is 77.0 Å². The van der Waals surface area contributed by atoms with Gasteiger partial charge in [-0.15, -0.1) is 0 Å². The molecular weight excluding hydrogens is 440 g/mol. The average Bonchev–Trinajstić information content (AvgIpc) is 2.87. The number of hydrogen-bond acceptors (Lipinski definition) is 4. The lowest BCUT2D eigenvalue weighted by Crippen LogP contribution is -2.40. The zero-order chi connectivity index (χ0) is 25.6. The molecule has 35 heavy (non-hydrogen) atoms. The summed E-state index contributed by atoms with van der Waals surface area (Å²) < 4.78 is 5.29. The van der Waals surface area contributed by atoms with Crippen LogP contribution in [0.4, 0.5) is 0 Å². The topological polar surface area (TPSA) is 83.8 Å². The number of unbranched alkanes of at least 4 members (excludes halogenated alkanes) is 14. The normalized spacial score (nSPS) is 12.9. The SMILES string of the molecule is CCCCCCCCCCCCCCCCCC(=O)OCC(CO)(CCc1ccccc1)C(=O)O. The molecule has 0 aliphatic carbocycles. The third-order valence-electron chi connectivity index (χ3n) is 6.99. The van der Waals surface area contributed by atoms with Gasteiger partial charge in [0.25, 0.3) is 0 Å². The number of aryl methyl sites for hydroxylation is 1. The van der Waals surface area contributed by atoms with Crippen LogP contribution < -0.4 is 0 Å².